The highest BCUT2D eigenvalue weighted by atomic mass is 16.5. The molecule has 7 nitrogen and oxygen atoms in total. The minimum atomic E-state index is -0.102. The van der Waals surface area contributed by atoms with E-state index in [-0.39, 0.29) is 5.56 Å². The van der Waals surface area contributed by atoms with Crippen LogP contribution in [0.5, 0.6) is 11.5 Å². The Morgan fingerprint density at radius 3 is 2.53 bits per heavy atom. The fourth-order valence-corrected chi connectivity index (χ4v) is 4.40. The Morgan fingerprint density at radius 2 is 1.88 bits per heavy atom. The maximum absolute atomic E-state index is 13.1. The lowest BCUT2D eigenvalue weighted by Gasteiger charge is -2.38. The molecule has 1 aromatic carbocycles. The first-order valence-electron chi connectivity index (χ1n) is 10.8. The number of aryl methyl sites for hydroxylation is 1. The van der Waals surface area contributed by atoms with Crippen LogP contribution in [0.2, 0.25) is 0 Å². The number of methoxy groups -OCH3 is 2. The van der Waals surface area contributed by atoms with Crippen LogP contribution in [0.3, 0.4) is 0 Å². The van der Waals surface area contributed by atoms with Crippen molar-refractivity contribution in [1.29, 1.82) is 0 Å². The molecule has 5 rings (SSSR count). The summed E-state index contributed by atoms with van der Waals surface area (Å²) >= 11 is 0. The van der Waals surface area contributed by atoms with Crippen molar-refractivity contribution in [2.24, 2.45) is 0 Å². The van der Waals surface area contributed by atoms with Crippen molar-refractivity contribution in [3.05, 3.63) is 64.1 Å². The number of ether oxygens (including phenoxy) is 3. The molecule has 0 saturated carbocycles. The van der Waals surface area contributed by atoms with E-state index in [2.05, 4.69) is 17.0 Å². The van der Waals surface area contributed by atoms with E-state index in [1.165, 1.54) is 5.57 Å². The highest BCUT2D eigenvalue weighted by Crippen LogP contribution is 2.32. The second-order valence-electron chi connectivity index (χ2n) is 8.32. The molecule has 0 amide bonds. The molecule has 0 N–H and O–H groups in total. The Hall–Kier alpha value is -3.16. The quantitative estimate of drug-likeness (QED) is 0.616. The van der Waals surface area contributed by atoms with Crippen molar-refractivity contribution in [2.45, 2.75) is 19.4 Å². The maximum Gasteiger partial charge on any atom is 0.258 e. The summed E-state index contributed by atoms with van der Waals surface area (Å²) < 4.78 is 17.7. The molecular weight excluding hydrogens is 406 g/mol. The molecule has 7 heteroatoms. The molecule has 166 valence electrons. The maximum atomic E-state index is 13.1. The fraction of sp³-hybridized carbons (Fsp3) is 0.360. The average Bonchev–Trinajstić information content (AvgIpc) is 2.78. The first-order chi connectivity index (χ1) is 15.6. The smallest absolute Gasteiger partial charge is 0.258 e. The topological polar surface area (TPSA) is 65.3 Å². The fourth-order valence-electron chi connectivity index (χ4n) is 4.40. The number of fused-ring (bicyclic) bond motifs is 1. The first kappa shape index (κ1) is 20.7. The second kappa shape index (κ2) is 8.41. The first-order valence-corrected chi connectivity index (χ1v) is 10.8. The molecular formula is C25H27N3O4. The summed E-state index contributed by atoms with van der Waals surface area (Å²) in [6, 6.07) is 9.80. The van der Waals surface area contributed by atoms with Crippen LogP contribution < -0.4 is 15.0 Å². The molecule has 2 aromatic heterocycles. The van der Waals surface area contributed by atoms with E-state index in [1.807, 2.05) is 31.3 Å². The predicted octanol–water partition coefficient (Wildman–Crippen LogP) is 3.18. The van der Waals surface area contributed by atoms with Crippen LogP contribution in [0, 0.1) is 6.92 Å². The Labute approximate surface area is 186 Å². The van der Waals surface area contributed by atoms with Crippen molar-refractivity contribution in [1.82, 2.24) is 14.3 Å². The van der Waals surface area contributed by atoms with Gasteiger partial charge in [0.05, 0.1) is 39.2 Å². The zero-order chi connectivity index (χ0) is 22.2. The van der Waals surface area contributed by atoms with Gasteiger partial charge in [-0.1, -0.05) is 6.08 Å². The summed E-state index contributed by atoms with van der Waals surface area (Å²) in [6.45, 7) is 5.61. The molecule has 0 bridgehead atoms. The van der Waals surface area contributed by atoms with E-state index in [1.54, 1.807) is 24.7 Å². The van der Waals surface area contributed by atoms with Gasteiger partial charge in [-0.3, -0.25) is 14.1 Å². The summed E-state index contributed by atoms with van der Waals surface area (Å²) in [7, 11) is 3.19. The van der Waals surface area contributed by atoms with Crippen molar-refractivity contribution >= 4 is 11.2 Å². The van der Waals surface area contributed by atoms with E-state index >= 15 is 0 Å². The van der Waals surface area contributed by atoms with E-state index in [0.29, 0.717) is 28.9 Å². The number of hydrogen-bond donors (Lipinski definition) is 0. The SMILES string of the molecule is COc1ccc(-c2cc(=O)n3cc(C4=CCN(C5COC5)CC4)cc(C)c3n2)cc1OC. The molecule has 0 spiro atoms. The Kier molecular flexibility index (Phi) is 5.45. The van der Waals surface area contributed by atoms with Crippen molar-refractivity contribution in [3.63, 3.8) is 0 Å². The number of pyridine rings is 1. The second-order valence-corrected chi connectivity index (χ2v) is 8.32. The Bertz CT molecular complexity index is 1260. The van der Waals surface area contributed by atoms with Gasteiger partial charge in [-0.2, -0.15) is 0 Å². The molecule has 1 saturated heterocycles. The van der Waals surface area contributed by atoms with Gasteiger partial charge in [-0.25, -0.2) is 4.98 Å². The van der Waals surface area contributed by atoms with Gasteiger partial charge in [0.1, 0.15) is 5.65 Å². The third kappa shape index (κ3) is 3.67. The lowest BCUT2D eigenvalue weighted by atomic mass is 9.98. The summed E-state index contributed by atoms with van der Waals surface area (Å²) in [5, 5.41) is 0. The van der Waals surface area contributed by atoms with Gasteiger partial charge in [0.15, 0.2) is 11.5 Å². The normalized spacial score (nSPS) is 17.2. The van der Waals surface area contributed by atoms with Crippen LogP contribution in [0.15, 0.2) is 47.4 Å². The Balaban J connectivity index is 1.50. The molecule has 1 fully saturated rings. The largest absolute Gasteiger partial charge is 0.493 e. The van der Waals surface area contributed by atoms with E-state index < -0.39 is 0 Å². The van der Waals surface area contributed by atoms with Gasteiger partial charge in [0.2, 0.25) is 0 Å². The van der Waals surface area contributed by atoms with Crippen LogP contribution in [0.1, 0.15) is 17.5 Å². The van der Waals surface area contributed by atoms with E-state index in [4.69, 9.17) is 19.2 Å². The van der Waals surface area contributed by atoms with Gasteiger partial charge >= 0.3 is 0 Å². The molecule has 0 unspecified atom stereocenters. The highest BCUT2D eigenvalue weighted by molar-refractivity contribution is 5.70. The van der Waals surface area contributed by atoms with Crippen molar-refractivity contribution in [2.75, 3.05) is 40.5 Å². The Morgan fingerprint density at radius 1 is 1.06 bits per heavy atom. The molecule has 32 heavy (non-hydrogen) atoms. The van der Waals surface area contributed by atoms with Crippen LogP contribution in [-0.4, -0.2) is 60.8 Å². The van der Waals surface area contributed by atoms with Crippen molar-refractivity contribution < 1.29 is 14.2 Å². The molecule has 4 heterocycles. The molecule has 0 aliphatic carbocycles. The van der Waals surface area contributed by atoms with Gasteiger partial charge < -0.3 is 14.2 Å². The lowest BCUT2D eigenvalue weighted by Crippen LogP contribution is -2.50. The van der Waals surface area contributed by atoms with Crippen molar-refractivity contribution in [3.8, 4) is 22.8 Å². The van der Waals surface area contributed by atoms with Crippen LogP contribution in [-0.2, 0) is 4.74 Å². The standard InChI is InChI=1S/C25H27N3O4/c1-16-10-19(17-6-8-27(9-7-17)20-14-32-15-20)13-28-24(29)12-21(26-25(16)28)18-4-5-22(30-2)23(11-18)31-3/h4-6,10-13,20H,7-9,14-15H2,1-3H3. The van der Waals surface area contributed by atoms with Crippen LogP contribution in [0.4, 0.5) is 0 Å². The number of aromatic nitrogens is 2. The molecule has 3 aromatic rings. The van der Waals surface area contributed by atoms with Gasteiger partial charge in [0, 0.05) is 30.9 Å². The minimum Gasteiger partial charge on any atom is -0.493 e. The number of hydrogen-bond acceptors (Lipinski definition) is 6. The monoisotopic (exact) mass is 433 g/mol. The van der Waals surface area contributed by atoms with Gasteiger partial charge in [0.25, 0.3) is 5.56 Å². The van der Waals surface area contributed by atoms with Gasteiger partial charge in [-0.15, -0.1) is 0 Å². The van der Waals surface area contributed by atoms with E-state index in [9.17, 15) is 4.79 Å². The summed E-state index contributed by atoms with van der Waals surface area (Å²) in [6.07, 6.45) is 5.16. The minimum absolute atomic E-state index is 0.102. The third-order valence-corrected chi connectivity index (χ3v) is 6.37. The molecule has 2 aliphatic heterocycles. The number of rotatable bonds is 5. The molecule has 0 radical (unpaired) electrons. The number of benzene rings is 1. The van der Waals surface area contributed by atoms with Gasteiger partial charge in [-0.05, 0) is 54.3 Å². The van der Waals surface area contributed by atoms with E-state index in [0.717, 1.165) is 49.4 Å². The highest BCUT2D eigenvalue weighted by Gasteiger charge is 2.27. The summed E-state index contributed by atoms with van der Waals surface area (Å²) in [5.74, 6) is 1.24. The zero-order valence-electron chi connectivity index (χ0n) is 18.6. The predicted molar refractivity (Wildman–Crippen MR) is 124 cm³/mol. The summed E-state index contributed by atoms with van der Waals surface area (Å²) in [4.78, 5) is 20.3. The average molecular weight is 434 g/mol. The van der Waals surface area contributed by atoms with Crippen LogP contribution in [0.25, 0.3) is 22.5 Å². The number of nitrogens with zero attached hydrogens (tertiary/aromatic N) is 3. The molecule has 0 atom stereocenters. The van der Waals surface area contributed by atoms with Crippen LogP contribution >= 0.6 is 0 Å². The molecule has 2 aliphatic rings. The zero-order valence-corrected chi connectivity index (χ0v) is 18.6. The third-order valence-electron chi connectivity index (χ3n) is 6.37. The summed E-state index contributed by atoms with van der Waals surface area (Å²) in [5.41, 5.74) is 5.31. The lowest BCUT2D eigenvalue weighted by molar-refractivity contribution is -0.0612.